The smallest absolute Gasteiger partial charge is 0.402 e. The van der Waals surface area contributed by atoms with Gasteiger partial charge >= 0.3 is 12.4 Å². The molecule has 1 heterocycles. The molecule has 0 spiro atoms. The van der Waals surface area contributed by atoms with Gasteiger partial charge in [0.25, 0.3) is 0 Å². The number of hydrogen-bond donors (Lipinski definition) is 2. The van der Waals surface area contributed by atoms with E-state index in [0.717, 1.165) is 36.6 Å². The van der Waals surface area contributed by atoms with Gasteiger partial charge in [-0.25, -0.2) is 4.98 Å². The monoisotopic (exact) mass is 576 g/mol. The van der Waals surface area contributed by atoms with E-state index in [0.29, 0.717) is 24.5 Å². The van der Waals surface area contributed by atoms with Crippen molar-refractivity contribution in [2.24, 2.45) is 5.73 Å². The second-order valence-corrected chi connectivity index (χ2v) is 10.3. The van der Waals surface area contributed by atoms with Crippen molar-refractivity contribution in [3.63, 3.8) is 0 Å². The lowest BCUT2D eigenvalue weighted by Gasteiger charge is -2.33. The van der Waals surface area contributed by atoms with E-state index in [1.807, 2.05) is 6.92 Å². The standard InChI is InChI=1S/C31H34F6N4/c1-5-17-41(23(4)29(15-16-29)25-11-9-24(10-12-25)19-30(32,33)34)20-22(3)39-27(18-21(2)38)14-13-26-7-6-8-28(40-26)31(35,36)37/h6-12,27,39H,2-5,15-20,38H2,1H3. The fraction of sp³-hybridized carbons (Fsp3) is 0.387. The highest BCUT2D eigenvalue weighted by Crippen LogP contribution is 2.54. The number of allylic oxidation sites excluding steroid dienone is 1. The minimum atomic E-state index is -4.58. The average Bonchev–Trinajstić information content (AvgIpc) is 3.67. The summed E-state index contributed by atoms with van der Waals surface area (Å²) in [4.78, 5) is 5.66. The highest BCUT2D eigenvalue weighted by atomic mass is 19.4. The molecule has 3 N–H and O–H groups in total. The van der Waals surface area contributed by atoms with E-state index < -0.39 is 30.5 Å². The summed E-state index contributed by atoms with van der Waals surface area (Å²) < 4.78 is 77.4. The zero-order valence-electron chi connectivity index (χ0n) is 22.9. The van der Waals surface area contributed by atoms with Crippen LogP contribution in [0.4, 0.5) is 26.3 Å². The van der Waals surface area contributed by atoms with Gasteiger partial charge in [-0.2, -0.15) is 26.3 Å². The highest BCUT2D eigenvalue weighted by Gasteiger charge is 2.48. The Bertz CT molecular complexity index is 1310. The maximum atomic E-state index is 13.0. The van der Waals surface area contributed by atoms with E-state index in [4.69, 9.17) is 5.73 Å². The van der Waals surface area contributed by atoms with Crippen LogP contribution in [-0.4, -0.2) is 35.2 Å². The topological polar surface area (TPSA) is 54.2 Å². The molecule has 1 fully saturated rings. The number of benzene rings is 1. The summed E-state index contributed by atoms with van der Waals surface area (Å²) in [6.07, 6.45) is -7.12. The molecule has 1 aromatic heterocycles. The predicted octanol–water partition coefficient (Wildman–Crippen LogP) is 6.85. The third-order valence-corrected chi connectivity index (χ3v) is 6.73. The molecule has 1 atom stereocenters. The number of nitrogens with one attached hydrogen (secondary N) is 1. The number of aromatic nitrogens is 1. The van der Waals surface area contributed by atoms with Crippen LogP contribution in [0.25, 0.3) is 0 Å². The molecule has 0 aliphatic heterocycles. The molecule has 41 heavy (non-hydrogen) atoms. The number of rotatable bonds is 12. The third-order valence-electron chi connectivity index (χ3n) is 6.73. The largest absolute Gasteiger partial charge is 0.433 e. The fourth-order valence-electron chi connectivity index (χ4n) is 4.67. The number of nitrogens with zero attached hydrogens (tertiary/aromatic N) is 2. The van der Waals surface area contributed by atoms with Crippen LogP contribution in [0.3, 0.4) is 0 Å². The molecule has 220 valence electrons. The fourth-order valence-corrected chi connectivity index (χ4v) is 4.67. The zero-order chi connectivity index (χ0) is 30.4. The Morgan fingerprint density at radius 3 is 2.27 bits per heavy atom. The molecule has 10 heteroatoms. The van der Waals surface area contributed by atoms with Gasteiger partial charge in [-0.1, -0.05) is 62.9 Å². The number of hydrogen-bond acceptors (Lipinski definition) is 4. The molecule has 1 aliphatic carbocycles. The Labute approximate surface area is 237 Å². The first-order chi connectivity index (χ1) is 19.1. The third kappa shape index (κ3) is 9.07. The SMILES string of the molecule is C=C(N)CC(C#Cc1cccc(C(F)(F)F)n1)NC(=C)CN(CCC)C(=C)C1(c2ccc(CC(F)(F)F)cc2)CC1. The van der Waals surface area contributed by atoms with Gasteiger partial charge in [-0.3, -0.25) is 0 Å². The molecule has 4 nitrogen and oxygen atoms in total. The first-order valence-corrected chi connectivity index (χ1v) is 13.2. The zero-order valence-corrected chi connectivity index (χ0v) is 22.9. The summed E-state index contributed by atoms with van der Waals surface area (Å²) in [5.41, 5.74) is 7.30. The number of pyridine rings is 1. The Balaban J connectivity index is 1.73. The van der Waals surface area contributed by atoms with E-state index in [2.05, 4.69) is 46.8 Å². The Morgan fingerprint density at radius 1 is 1.07 bits per heavy atom. The van der Waals surface area contributed by atoms with Crippen LogP contribution in [0.5, 0.6) is 0 Å². The number of nitrogens with two attached hydrogens (primary N) is 1. The van der Waals surface area contributed by atoms with E-state index in [-0.39, 0.29) is 23.1 Å². The Kier molecular flexibility index (Phi) is 9.85. The van der Waals surface area contributed by atoms with Gasteiger partial charge in [0.05, 0.1) is 19.0 Å². The van der Waals surface area contributed by atoms with Crippen molar-refractivity contribution in [2.45, 2.75) is 62.8 Å². The van der Waals surface area contributed by atoms with Crippen molar-refractivity contribution in [2.75, 3.05) is 13.1 Å². The molecule has 0 saturated heterocycles. The highest BCUT2D eigenvalue weighted by molar-refractivity contribution is 5.42. The molecule has 1 saturated carbocycles. The van der Waals surface area contributed by atoms with Gasteiger partial charge in [-0.05, 0) is 48.4 Å². The molecule has 0 bridgehead atoms. The Morgan fingerprint density at radius 2 is 1.73 bits per heavy atom. The minimum absolute atomic E-state index is 0.0298. The summed E-state index contributed by atoms with van der Waals surface area (Å²) in [6.45, 7) is 15.3. The summed E-state index contributed by atoms with van der Waals surface area (Å²) in [7, 11) is 0. The normalized spacial score (nSPS) is 14.8. The molecule has 2 aromatic rings. The van der Waals surface area contributed by atoms with Gasteiger partial charge in [0.2, 0.25) is 0 Å². The summed E-state index contributed by atoms with van der Waals surface area (Å²) >= 11 is 0. The number of alkyl halides is 6. The van der Waals surface area contributed by atoms with Gasteiger partial charge < -0.3 is 16.0 Å². The molecule has 1 aromatic carbocycles. The molecule has 1 unspecified atom stereocenters. The van der Waals surface area contributed by atoms with Crippen molar-refractivity contribution in [3.05, 3.63) is 102 Å². The van der Waals surface area contributed by atoms with Crippen molar-refractivity contribution in [3.8, 4) is 11.8 Å². The maximum Gasteiger partial charge on any atom is 0.433 e. The van der Waals surface area contributed by atoms with Crippen LogP contribution in [0, 0.1) is 11.8 Å². The molecule has 0 radical (unpaired) electrons. The summed E-state index contributed by atoms with van der Waals surface area (Å²) in [5.74, 6) is 5.57. The van der Waals surface area contributed by atoms with Crippen LogP contribution in [0.2, 0.25) is 0 Å². The predicted molar refractivity (Wildman–Crippen MR) is 148 cm³/mol. The lowest BCUT2D eigenvalue weighted by Crippen LogP contribution is -2.37. The molecular formula is C31H34F6N4. The van der Waals surface area contributed by atoms with E-state index in [1.165, 1.54) is 24.3 Å². The van der Waals surface area contributed by atoms with Crippen LogP contribution < -0.4 is 11.1 Å². The lowest BCUT2D eigenvalue weighted by molar-refractivity contribution is -0.141. The molecule has 0 amide bonds. The van der Waals surface area contributed by atoms with Crippen LogP contribution in [0.15, 0.2) is 79.3 Å². The summed E-state index contributed by atoms with van der Waals surface area (Å²) in [6, 6.07) is 9.46. The van der Waals surface area contributed by atoms with Gasteiger partial charge in [0.1, 0.15) is 11.4 Å². The quantitative estimate of drug-likeness (QED) is 0.214. The first-order valence-electron chi connectivity index (χ1n) is 13.2. The van der Waals surface area contributed by atoms with Gasteiger partial charge in [-0.15, -0.1) is 0 Å². The first kappa shape index (κ1) is 31.7. The van der Waals surface area contributed by atoms with Crippen LogP contribution >= 0.6 is 0 Å². The van der Waals surface area contributed by atoms with Crippen molar-refractivity contribution in [1.82, 2.24) is 15.2 Å². The van der Waals surface area contributed by atoms with Crippen LogP contribution in [0.1, 0.15) is 55.1 Å². The van der Waals surface area contributed by atoms with Crippen molar-refractivity contribution >= 4 is 0 Å². The second kappa shape index (κ2) is 12.8. The van der Waals surface area contributed by atoms with Crippen LogP contribution in [-0.2, 0) is 18.0 Å². The molecule has 3 rings (SSSR count). The van der Waals surface area contributed by atoms with E-state index >= 15 is 0 Å². The molecule has 1 aliphatic rings. The van der Waals surface area contributed by atoms with Crippen molar-refractivity contribution < 1.29 is 26.3 Å². The Hall–Kier alpha value is -3.87. The van der Waals surface area contributed by atoms with Gasteiger partial charge in [0, 0.05) is 35.5 Å². The molecular weight excluding hydrogens is 542 g/mol. The maximum absolute atomic E-state index is 13.0. The second-order valence-electron chi connectivity index (χ2n) is 10.3. The summed E-state index contributed by atoms with van der Waals surface area (Å²) in [5, 5.41) is 3.20. The van der Waals surface area contributed by atoms with E-state index in [9.17, 15) is 26.3 Å². The average molecular weight is 577 g/mol. The van der Waals surface area contributed by atoms with Crippen molar-refractivity contribution in [1.29, 1.82) is 0 Å². The lowest BCUT2D eigenvalue weighted by atomic mass is 9.90. The minimum Gasteiger partial charge on any atom is -0.402 e. The van der Waals surface area contributed by atoms with E-state index in [1.54, 1.807) is 12.1 Å². The van der Waals surface area contributed by atoms with Gasteiger partial charge in [0.15, 0.2) is 0 Å². The number of halogens is 6.